The fourth-order valence-electron chi connectivity index (χ4n) is 5.40. The van der Waals surface area contributed by atoms with Gasteiger partial charge in [0.2, 0.25) is 11.8 Å². The predicted octanol–water partition coefficient (Wildman–Crippen LogP) is 3.85. The number of para-hydroxylation sites is 1. The lowest BCUT2D eigenvalue weighted by Crippen LogP contribution is -2.58. The number of carboxylic acids is 1. The first-order valence-electron chi connectivity index (χ1n) is 11.6. The van der Waals surface area contributed by atoms with Gasteiger partial charge in [-0.15, -0.1) is 0 Å². The minimum Gasteiger partial charge on any atom is -0.480 e. The summed E-state index contributed by atoms with van der Waals surface area (Å²) in [5, 5.41) is 13.7. The van der Waals surface area contributed by atoms with Crippen LogP contribution in [0.1, 0.15) is 16.7 Å². The fraction of sp³-hybridized carbons (Fsp3) is 0.207. The Morgan fingerprint density at radius 2 is 1.57 bits per heavy atom. The fourth-order valence-corrected chi connectivity index (χ4v) is 5.40. The quantitative estimate of drug-likeness (QED) is 0.539. The van der Waals surface area contributed by atoms with Crippen LogP contribution in [0.2, 0.25) is 0 Å². The number of rotatable bonds is 6. The molecule has 3 aromatic carbocycles. The van der Waals surface area contributed by atoms with Gasteiger partial charge in [-0.2, -0.15) is 0 Å². The smallest absolute Gasteiger partial charge is 0.325 e. The van der Waals surface area contributed by atoms with Crippen molar-refractivity contribution in [1.82, 2.24) is 5.32 Å². The van der Waals surface area contributed by atoms with Gasteiger partial charge in [0, 0.05) is 12.5 Å². The normalized spacial score (nSPS) is 25.9. The molecule has 0 spiro atoms. The zero-order valence-electron chi connectivity index (χ0n) is 19.3. The van der Waals surface area contributed by atoms with E-state index in [9.17, 15) is 19.5 Å². The van der Waals surface area contributed by atoms with E-state index in [1.54, 1.807) is 12.1 Å². The van der Waals surface area contributed by atoms with Gasteiger partial charge in [-0.25, -0.2) is 4.90 Å². The summed E-state index contributed by atoms with van der Waals surface area (Å²) in [7, 11) is 0. The minimum absolute atomic E-state index is 0.0840. The van der Waals surface area contributed by atoms with E-state index in [4.69, 9.17) is 0 Å². The number of carbonyl (C=O) groups excluding carboxylic acids is 2. The van der Waals surface area contributed by atoms with Crippen molar-refractivity contribution >= 4 is 29.5 Å². The molecule has 2 saturated heterocycles. The van der Waals surface area contributed by atoms with Crippen molar-refractivity contribution in [3.63, 3.8) is 0 Å². The molecule has 4 unspecified atom stereocenters. The molecular formula is C29H26N2O4. The predicted molar refractivity (Wildman–Crippen MR) is 134 cm³/mol. The first-order valence-corrected chi connectivity index (χ1v) is 11.6. The number of fused-ring (bicyclic) bond motifs is 1. The number of carboxylic acid groups (broad SMARTS) is 1. The third-order valence-corrected chi connectivity index (χ3v) is 7.05. The van der Waals surface area contributed by atoms with Gasteiger partial charge in [0.05, 0.1) is 17.5 Å². The number of aryl methyl sites for hydroxylation is 1. The van der Waals surface area contributed by atoms with E-state index in [-0.39, 0.29) is 12.3 Å². The number of aliphatic carboxylic acids is 1. The highest BCUT2D eigenvalue weighted by atomic mass is 16.4. The zero-order chi connectivity index (χ0) is 24.6. The van der Waals surface area contributed by atoms with Crippen LogP contribution in [0.3, 0.4) is 0 Å². The van der Waals surface area contributed by atoms with Crippen molar-refractivity contribution in [2.24, 2.45) is 11.8 Å². The highest BCUT2D eigenvalue weighted by molar-refractivity contribution is 6.24. The first-order chi connectivity index (χ1) is 16.9. The lowest BCUT2D eigenvalue weighted by molar-refractivity contribution is -0.148. The summed E-state index contributed by atoms with van der Waals surface area (Å²) in [5.74, 6) is -3.86. The molecule has 2 amide bonds. The molecule has 0 radical (unpaired) electrons. The topological polar surface area (TPSA) is 86.7 Å². The second kappa shape index (κ2) is 8.96. The molecule has 6 heteroatoms. The zero-order valence-corrected chi connectivity index (χ0v) is 19.3. The number of hydrogen-bond donors (Lipinski definition) is 2. The number of carbonyl (C=O) groups is 3. The van der Waals surface area contributed by atoms with E-state index in [0.717, 1.165) is 16.7 Å². The Morgan fingerprint density at radius 3 is 2.23 bits per heavy atom. The van der Waals surface area contributed by atoms with Crippen molar-refractivity contribution in [3.8, 4) is 0 Å². The van der Waals surface area contributed by atoms with Gasteiger partial charge in [0.15, 0.2) is 0 Å². The van der Waals surface area contributed by atoms with Crippen LogP contribution < -0.4 is 10.2 Å². The molecule has 3 aromatic rings. The number of hydrogen-bond acceptors (Lipinski definition) is 4. The largest absolute Gasteiger partial charge is 0.480 e. The molecule has 35 heavy (non-hydrogen) atoms. The van der Waals surface area contributed by atoms with E-state index in [0.29, 0.717) is 5.69 Å². The molecule has 2 aliphatic rings. The highest BCUT2D eigenvalue weighted by Gasteiger charge is 2.68. The molecule has 0 bridgehead atoms. The molecule has 2 heterocycles. The standard InChI is InChI=1S/C29H26N2O4/c1-19-10-8-9-15-23(19)31-26(32)24-22(17-16-20-11-4-2-5-12-20)30-29(28(34)35,25(24)27(31)33)18-21-13-6-3-7-14-21/h2-17,22,24-25,30H,18H2,1H3,(H,34,35). The molecule has 0 aromatic heterocycles. The number of anilines is 1. The van der Waals surface area contributed by atoms with Crippen LogP contribution in [0.4, 0.5) is 5.69 Å². The van der Waals surface area contributed by atoms with Crippen molar-refractivity contribution in [1.29, 1.82) is 0 Å². The van der Waals surface area contributed by atoms with Gasteiger partial charge in [-0.05, 0) is 29.7 Å². The van der Waals surface area contributed by atoms with E-state index in [2.05, 4.69) is 5.32 Å². The minimum atomic E-state index is -1.62. The third-order valence-electron chi connectivity index (χ3n) is 7.05. The van der Waals surface area contributed by atoms with Crippen LogP contribution in [0.25, 0.3) is 6.08 Å². The Balaban J connectivity index is 1.61. The lowest BCUT2D eigenvalue weighted by Gasteiger charge is -2.31. The summed E-state index contributed by atoms with van der Waals surface area (Å²) < 4.78 is 0. The second-order valence-corrected chi connectivity index (χ2v) is 9.18. The van der Waals surface area contributed by atoms with Crippen LogP contribution in [-0.2, 0) is 20.8 Å². The third kappa shape index (κ3) is 3.86. The summed E-state index contributed by atoms with van der Waals surface area (Å²) in [6, 6.07) is 25.4. The van der Waals surface area contributed by atoms with Crippen LogP contribution in [0.15, 0.2) is 91.0 Å². The van der Waals surface area contributed by atoms with Crippen LogP contribution in [-0.4, -0.2) is 34.5 Å². The molecule has 0 saturated carbocycles. The molecule has 2 aliphatic heterocycles. The summed E-state index contributed by atoms with van der Waals surface area (Å²) in [4.78, 5) is 41.7. The van der Waals surface area contributed by atoms with Crippen molar-refractivity contribution in [2.45, 2.75) is 24.9 Å². The monoisotopic (exact) mass is 466 g/mol. The maximum atomic E-state index is 13.9. The Labute approximate surface area is 203 Å². The number of amides is 2. The first kappa shape index (κ1) is 22.7. The summed E-state index contributed by atoms with van der Waals surface area (Å²) in [6.07, 6.45) is 3.76. The molecule has 0 aliphatic carbocycles. The van der Waals surface area contributed by atoms with E-state index in [1.165, 1.54) is 4.90 Å². The highest BCUT2D eigenvalue weighted by Crippen LogP contribution is 2.46. The van der Waals surface area contributed by atoms with Gasteiger partial charge in [0.25, 0.3) is 0 Å². The molecule has 6 nitrogen and oxygen atoms in total. The molecule has 2 N–H and O–H groups in total. The van der Waals surface area contributed by atoms with Crippen molar-refractivity contribution < 1.29 is 19.5 Å². The van der Waals surface area contributed by atoms with E-state index in [1.807, 2.05) is 91.9 Å². The van der Waals surface area contributed by atoms with Crippen LogP contribution in [0.5, 0.6) is 0 Å². The Morgan fingerprint density at radius 1 is 0.943 bits per heavy atom. The van der Waals surface area contributed by atoms with Gasteiger partial charge >= 0.3 is 5.97 Å². The SMILES string of the molecule is Cc1ccccc1N1C(=O)C2C(C=Cc3ccccc3)NC(Cc3ccccc3)(C(=O)O)C2C1=O. The van der Waals surface area contributed by atoms with Gasteiger partial charge < -0.3 is 5.11 Å². The van der Waals surface area contributed by atoms with Crippen molar-refractivity contribution in [2.75, 3.05) is 4.90 Å². The maximum Gasteiger partial charge on any atom is 0.325 e. The summed E-state index contributed by atoms with van der Waals surface area (Å²) >= 11 is 0. The number of benzene rings is 3. The van der Waals surface area contributed by atoms with Crippen molar-refractivity contribution in [3.05, 3.63) is 108 Å². The average Bonchev–Trinajstić information content (AvgIpc) is 3.33. The number of nitrogens with one attached hydrogen (secondary N) is 1. The molecule has 2 fully saturated rings. The molecule has 4 atom stereocenters. The summed E-state index contributed by atoms with van der Waals surface area (Å²) in [5.41, 5.74) is 1.36. The van der Waals surface area contributed by atoms with Gasteiger partial charge in [-0.1, -0.05) is 91.0 Å². The van der Waals surface area contributed by atoms with E-state index >= 15 is 0 Å². The molecule has 5 rings (SSSR count). The van der Waals surface area contributed by atoms with Crippen LogP contribution in [0, 0.1) is 18.8 Å². The lowest BCUT2D eigenvalue weighted by atomic mass is 9.76. The molecule has 176 valence electrons. The van der Waals surface area contributed by atoms with Crippen LogP contribution >= 0.6 is 0 Å². The second-order valence-electron chi connectivity index (χ2n) is 9.18. The average molecular weight is 467 g/mol. The maximum absolute atomic E-state index is 13.9. The van der Waals surface area contributed by atoms with Gasteiger partial charge in [0.1, 0.15) is 5.54 Å². The Kier molecular flexibility index (Phi) is 5.83. The molecular weight excluding hydrogens is 440 g/mol. The Hall–Kier alpha value is -4.03. The van der Waals surface area contributed by atoms with Gasteiger partial charge in [-0.3, -0.25) is 19.7 Å². The van der Waals surface area contributed by atoms with E-state index < -0.39 is 35.3 Å². The number of imide groups is 1. The summed E-state index contributed by atoms with van der Waals surface area (Å²) in [6.45, 7) is 1.84. The number of nitrogens with zero attached hydrogens (tertiary/aromatic N) is 1. The Bertz CT molecular complexity index is 1300.